The highest BCUT2D eigenvalue weighted by Crippen LogP contribution is 2.29. The predicted octanol–water partition coefficient (Wildman–Crippen LogP) is 11.7. The van der Waals surface area contributed by atoms with E-state index in [1.54, 1.807) is 0 Å². The molecule has 0 rings (SSSR count). The van der Waals surface area contributed by atoms with Gasteiger partial charge in [0.05, 0.1) is 6.10 Å². The van der Waals surface area contributed by atoms with Crippen LogP contribution in [-0.2, 0) is 0 Å². The van der Waals surface area contributed by atoms with E-state index in [9.17, 15) is 5.11 Å². The van der Waals surface area contributed by atoms with Crippen LogP contribution in [-0.4, -0.2) is 11.2 Å². The van der Waals surface area contributed by atoms with Gasteiger partial charge in [-0.25, -0.2) is 0 Å². The van der Waals surface area contributed by atoms with Crippen molar-refractivity contribution in [3.05, 3.63) is 24.3 Å². The average Bonchev–Trinajstić information content (AvgIpc) is 2.86. The number of aliphatic hydroxyl groups excluding tert-OH is 1. The lowest BCUT2D eigenvalue weighted by atomic mass is 9.82. The molecule has 1 heteroatoms. The van der Waals surface area contributed by atoms with Crippen LogP contribution < -0.4 is 0 Å². The summed E-state index contributed by atoms with van der Waals surface area (Å²) in [5, 5.41) is 11.3. The van der Waals surface area contributed by atoms with Crippen molar-refractivity contribution in [1.82, 2.24) is 0 Å². The molecule has 0 radical (unpaired) electrons. The topological polar surface area (TPSA) is 20.2 Å². The van der Waals surface area contributed by atoms with Crippen LogP contribution in [0.4, 0.5) is 0 Å². The molecule has 0 aromatic rings. The summed E-state index contributed by atoms with van der Waals surface area (Å²) in [7, 11) is 0. The summed E-state index contributed by atoms with van der Waals surface area (Å²) in [6.45, 7) is 9.15. The Labute approximate surface area is 222 Å². The number of allylic oxidation sites excluding steroid dienone is 4. The van der Waals surface area contributed by atoms with E-state index in [1.165, 1.54) is 141 Å². The lowest BCUT2D eigenvalue weighted by Crippen LogP contribution is -2.24. The van der Waals surface area contributed by atoms with Gasteiger partial charge in [0.2, 0.25) is 0 Å². The van der Waals surface area contributed by atoms with E-state index in [0.717, 1.165) is 12.3 Å². The zero-order chi connectivity index (χ0) is 25.8. The number of rotatable bonds is 27. The summed E-state index contributed by atoms with van der Waals surface area (Å²) < 4.78 is 0. The van der Waals surface area contributed by atoms with Crippen LogP contribution in [0, 0.1) is 11.8 Å². The van der Waals surface area contributed by atoms with Crippen molar-refractivity contribution in [2.75, 3.05) is 0 Å². The van der Waals surface area contributed by atoms with Gasteiger partial charge in [0.1, 0.15) is 0 Å². The number of aliphatic hydroxyl groups is 1. The molecule has 0 saturated carbocycles. The average molecular weight is 491 g/mol. The zero-order valence-corrected chi connectivity index (χ0v) is 24.8. The minimum absolute atomic E-state index is 0.106. The van der Waals surface area contributed by atoms with Crippen LogP contribution in [0.3, 0.4) is 0 Å². The summed E-state index contributed by atoms with van der Waals surface area (Å²) >= 11 is 0. The maximum Gasteiger partial charge on any atom is 0.0571 e. The van der Waals surface area contributed by atoms with Gasteiger partial charge in [-0.1, -0.05) is 129 Å². The molecule has 0 spiro atoms. The smallest absolute Gasteiger partial charge is 0.0571 e. The van der Waals surface area contributed by atoms with Gasteiger partial charge in [-0.05, 0) is 82.5 Å². The molecule has 0 fully saturated rings. The molecule has 1 N–H and O–H groups in total. The van der Waals surface area contributed by atoms with E-state index in [0.29, 0.717) is 5.92 Å². The van der Waals surface area contributed by atoms with Gasteiger partial charge in [-0.15, -0.1) is 0 Å². The fraction of sp³-hybridized carbons (Fsp3) is 0.882. The lowest BCUT2D eigenvalue weighted by molar-refractivity contribution is 0.0668. The van der Waals surface area contributed by atoms with E-state index >= 15 is 0 Å². The molecule has 1 nitrogen and oxygen atoms in total. The van der Waals surface area contributed by atoms with E-state index in [4.69, 9.17) is 0 Å². The number of hydrogen-bond donors (Lipinski definition) is 1. The van der Waals surface area contributed by atoms with Crippen molar-refractivity contribution in [3.63, 3.8) is 0 Å². The maximum absolute atomic E-state index is 11.3. The molecule has 2 unspecified atom stereocenters. The first-order chi connectivity index (χ1) is 17.2. The van der Waals surface area contributed by atoms with E-state index in [-0.39, 0.29) is 6.10 Å². The van der Waals surface area contributed by atoms with Gasteiger partial charge in [0.15, 0.2) is 0 Å². The second-order valence-electron chi connectivity index (χ2n) is 11.2. The second kappa shape index (κ2) is 28.0. The summed E-state index contributed by atoms with van der Waals surface area (Å²) in [6, 6.07) is 0. The molecule has 0 aliphatic rings. The largest absolute Gasteiger partial charge is 0.393 e. The highest BCUT2D eigenvalue weighted by atomic mass is 16.3. The third kappa shape index (κ3) is 23.6. The van der Waals surface area contributed by atoms with Crippen molar-refractivity contribution in [1.29, 1.82) is 0 Å². The Balaban J connectivity index is 4.66. The molecule has 0 aliphatic heterocycles. The Hall–Kier alpha value is -0.560. The van der Waals surface area contributed by atoms with Crippen molar-refractivity contribution in [2.45, 2.75) is 181 Å². The third-order valence-corrected chi connectivity index (χ3v) is 7.72. The highest BCUT2D eigenvalue weighted by molar-refractivity contribution is 4.84. The van der Waals surface area contributed by atoms with Crippen molar-refractivity contribution >= 4 is 0 Å². The first-order valence-electron chi connectivity index (χ1n) is 16.2. The normalized spacial score (nSPS) is 14.0. The summed E-state index contributed by atoms with van der Waals surface area (Å²) in [4.78, 5) is 0. The minimum Gasteiger partial charge on any atom is -0.393 e. The fourth-order valence-electron chi connectivity index (χ4n) is 5.29. The SMILES string of the molecule is CCCCC/C=C\CCCC(CCC/C=C\CCCCC)C(O)CC(CCCC)CCCCCC. The van der Waals surface area contributed by atoms with Crippen LogP contribution in [0.15, 0.2) is 24.3 Å². The maximum atomic E-state index is 11.3. The van der Waals surface area contributed by atoms with E-state index in [1.807, 2.05) is 0 Å². The molecule has 0 aromatic heterocycles. The van der Waals surface area contributed by atoms with Crippen LogP contribution in [0.1, 0.15) is 175 Å². The van der Waals surface area contributed by atoms with Crippen LogP contribution in [0.2, 0.25) is 0 Å². The predicted molar refractivity (Wildman–Crippen MR) is 160 cm³/mol. The molecular weight excluding hydrogens is 424 g/mol. The molecule has 35 heavy (non-hydrogen) atoms. The van der Waals surface area contributed by atoms with Gasteiger partial charge < -0.3 is 5.11 Å². The van der Waals surface area contributed by atoms with Gasteiger partial charge in [-0.2, -0.15) is 0 Å². The molecule has 0 saturated heterocycles. The molecule has 0 amide bonds. The fourth-order valence-corrected chi connectivity index (χ4v) is 5.29. The Morgan fingerprint density at radius 1 is 0.457 bits per heavy atom. The summed E-state index contributed by atoms with van der Waals surface area (Å²) in [6.07, 6.45) is 38.8. The van der Waals surface area contributed by atoms with Gasteiger partial charge >= 0.3 is 0 Å². The molecule has 0 aromatic carbocycles. The summed E-state index contributed by atoms with van der Waals surface area (Å²) in [5.41, 5.74) is 0. The molecule has 208 valence electrons. The third-order valence-electron chi connectivity index (χ3n) is 7.72. The van der Waals surface area contributed by atoms with Gasteiger partial charge in [-0.3, -0.25) is 0 Å². The molecule has 0 bridgehead atoms. The molecule has 2 atom stereocenters. The number of hydrogen-bond acceptors (Lipinski definition) is 1. The van der Waals surface area contributed by atoms with Crippen molar-refractivity contribution in [3.8, 4) is 0 Å². The Kier molecular flexibility index (Phi) is 27.6. The monoisotopic (exact) mass is 491 g/mol. The molecule has 0 heterocycles. The minimum atomic E-state index is -0.106. The number of unbranched alkanes of at least 4 members (excludes halogenated alkanes) is 12. The Morgan fingerprint density at radius 3 is 1.37 bits per heavy atom. The van der Waals surface area contributed by atoms with Crippen LogP contribution >= 0.6 is 0 Å². The Bertz CT molecular complexity index is 426. The van der Waals surface area contributed by atoms with Gasteiger partial charge in [0, 0.05) is 0 Å². The first-order valence-corrected chi connectivity index (χ1v) is 16.2. The molecule has 0 aliphatic carbocycles. The second-order valence-corrected chi connectivity index (χ2v) is 11.2. The van der Waals surface area contributed by atoms with E-state index in [2.05, 4.69) is 52.0 Å². The zero-order valence-electron chi connectivity index (χ0n) is 24.8. The molecular formula is C34H66O. The lowest BCUT2D eigenvalue weighted by Gasteiger charge is -2.27. The highest BCUT2D eigenvalue weighted by Gasteiger charge is 2.22. The van der Waals surface area contributed by atoms with Crippen LogP contribution in [0.25, 0.3) is 0 Å². The van der Waals surface area contributed by atoms with E-state index < -0.39 is 0 Å². The van der Waals surface area contributed by atoms with Crippen LogP contribution in [0.5, 0.6) is 0 Å². The standard InChI is InChI=1S/C34H66O/c1-5-9-13-16-18-20-22-25-29-33(30-26-23-21-19-17-14-10-6-2)34(35)31-32(27-12-8-4)28-24-15-11-7-3/h18-21,32-35H,5-17,22-31H2,1-4H3/b20-18-,21-19-. The quantitative estimate of drug-likeness (QED) is 0.0896. The van der Waals surface area contributed by atoms with Crippen molar-refractivity contribution < 1.29 is 5.11 Å². The van der Waals surface area contributed by atoms with Gasteiger partial charge in [0.25, 0.3) is 0 Å². The van der Waals surface area contributed by atoms with Crippen molar-refractivity contribution in [2.24, 2.45) is 11.8 Å². The summed E-state index contributed by atoms with van der Waals surface area (Å²) in [5.74, 6) is 1.21. The Morgan fingerprint density at radius 2 is 0.886 bits per heavy atom. The first kappa shape index (κ1) is 34.4.